The largest absolute Gasteiger partial charge is 0.478 e. The minimum Gasteiger partial charge on any atom is -0.478 e. The highest BCUT2D eigenvalue weighted by Gasteiger charge is 2.25. The quantitative estimate of drug-likeness (QED) is 0.266. The molecule has 8 heteroatoms. The molecule has 0 aliphatic rings. The number of Topliss-reactive ketones (excluding diaryl/α,β-unsaturated/α-hetero) is 1. The molecule has 1 amide bonds. The Hall–Kier alpha value is -4.49. The number of carboxylic acids is 1. The van der Waals surface area contributed by atoms with Crippen molar-refractivity contribution in [1.82, 2.24) is 4.98 Å². The number of carbonyl (C=O) groups is 3. The van der Waals surface area contributed by atoms with Gasteiger partial charge in [-0.15, -0.1) is 0 Å². The van der Waals surface area contributed by atoms with Gasteiger partial charge in [-0.1, -0.05) is 41.9 Å². The molecule has 37 heavy (non-hydrogen) atoms. The smallest absolute Gasteiger partial charge is 0.335 e. The van der Waals surface area contributed by atoms with E-state index in [2.05, 4.69) is 10.3 Å². The summed E-state index contributed by atoms with van der Waals surface area (Å²) in [6.07, 6.45) is 1.75. The van der Waals surface area contributed by atoms with E-state index in [9.17, 15) is 19.2 Å². The monoisotopic (exact) mass is 514 g/mol. The number of benzene rings is 3. The third-order valence-corrected chi connectivity index (χ3v) is 6.20. The van der Waals surface area contributed by atoms with Crippen molar-refractivity contribution in [3.05, 3.63) is 123 Å². The number of aromatic carboxylic acids is 1. The Morgan fingerprint density at radius 3 is 2.30 bits per heavy atom. The standard InChI is InChI=1S/C29H23ClN2O5/c1-17(33)22-12-9-20(30)14-23(22)26-15-27(34)25(16-31-26)24(13-18-5-3-2-4-6-18)28(35)32-21-10-7-19(8-11-21)29(36)37/h2-12,14-16,24H,13H2,1H3,(H,31,34)(H,32,35)(H,36,37). The van der Waals surface area contributed by atoms with Crippen LogP contribution in [0.15, 0.2) is 89.9 Å². The summed E-state index contributed by atoms with van der Waals surface area (Å²) in [7, 11) is 0. The van der Waals surface area contributed by atoms with Crippen LogP contribution in [-0.2, 0) is 11.2 Å². The number of pyridine rings is 1. The molecule has 0 spiro atoms. The molecule has 4 aromatic rings. The van der Waals surface area contributed by atoms with Gasteiger partial charge in [0.25, 0.3) is 0 Å². The van der Waals surface area contributed by atoms with Gasteiger partial charge in [0.1, 0.15) is 0 Å². The number of H-pyrrole nitrogens is 1. The van der Waals surface area contributed by atoms with E-state index in [1.165, 1.54) is 43.5 Å². The molecule has 0 saturated heterocycles. The lowest BCUT2D eigenvalue weighted by Gasteiger charge is -2.18. The second kappa shape index (κ2) is 11.1. The average Bonchev–Trinajstić information content (AvgIpc) is 2.88. The van der Waals surface area contributed by atoms with Crippen molar-refractivity contribution in [1.29, 1.82) is 0 Å². The van der Waals surface area contributed by atoms with Gasteiger partial charge in [-0.3, -0.25) is 14.4 Å². The molecule has 1 unspecified atom stereocenters. The van der Waals surface area contributed by atoms with Crippen molar-refractivity contribution < 1.29 is 19.5 Å². The van der Waals surface area contributed by atoms with E-state index in [-0.39, 0.29) is 28.8 Å². The second-order valence-corrected chi connectivity index (χ2v) is 8.96. The molecule has 186 valence electrons. The Morgan fingerprint density at radius 1 is 0.973 bits per heavy atom. The number of hydrogen-bond donors (Lipinski definition) is 3. The number of hydrogen-bond acceptors (Lipinski definition) is 4. The van der Waals surface area contributed by atoms with E-state index in [4.69, 9.17) is 16.7 Å². The number of rotatable bonds is 8. The maximum Gasteiger partial charge on any atom is 0.335 e. The van der Waals surface area contributed by atoms with E-state index < -0.39 is 17.8 Å². The molecule has 0 aliphatic carbocycles. The number of ketones is 1. The molecule has 1 aromatic heterocycles. The van der Waals surface area contributed by atoms with Crippen LogP contribution in [-0.4, -0.2) is 27.8 Å². The van der Waals surface area contributed by atoms with Crippen LogP contribution in [0, 0.1) is 0 Å². The predicted molar refractivity (Wildman–Crippen MR) is 142 cm³/mol. The predicted octanol–water partition coefficient (Wildman–Crippen LogP) is 5.56. The molecule has 0 saturated carbocycles. The Labute approximate surface area is 217 Å². The van der Waals surface area contributed by atoms with Crippen LogP contribution in [0.1, 0.15) is 44.7 Å². The molecule has 0 aliphatic heterocycles. The normalized spacial score (nSPS) is 11.5. The zero-order valence-electron chi connectivity index (χ0n) is 19.8. The third-order valence-electron chi connectivity index (χ3n) is 5.97. The minimum absolute atomic E-state index is 0.0943. The van der Waals surface area contributed by atoms with Gasteiger partial charge in [-0.25, -0.2) is 4.79 Å². The van der Waals surface area contributed by atoms with E-state index in [1.807, 2.05) is 30.3 Å². The summed E-state index contributed by atoms with van der Waals surface area (Å²) in [4.78, 5) is 53.0. The van der Waals surface area contributed by atoms with Gasteiger partial charge in [0.2, 0.25) is 5.91 Å². The highest BCUT2D eigenvalue weighted by Crippen LogP contribution is 2.27. The molecule has 3 aromatic carbocycles. The maximum absolute atomic E-state index is 13.4. The maximum atomic E-state index is 13.4. The van der Waals surface area contributed by atoms with Crippen molar-refractivity contribution in [2.24, 2.45) is 0 Å². The van der Waals surface area contributed by atoms with Gasteiger partial charge < -0.3 is 15.4 Å². The lowest BCUT2D eigenvalue weighted by Crippen LogP contribution is -2.27. The van der Waals surface area contributed by atoms with E-state index >= 15 is 0 Å². The SMILES string of the molecule is CC(=O)c1ccc(Cl)cc1-c1cc(=O)c(C(Cc2ccccc2)C(=O)Nc2ccc(C(=O)O)cc2)c[nH]1. The summed E-state index contributed by atoms with van der Waals surface area (Å²) in [5, 5.41) is 12.3. The Bertz CT molecular complexity index is 1530. The summed E-state index contributed by atoms with van der Waals surface area (Å²) in [5.74, 6) is -2.51. The lowest BCUT2D eigenvalue weighted by atomic mass is 9.91. The number of nitrogens with one attached hydrogen (secondary N) is 2. The van der Waals surface area contributed by atoms with Crippen molar-refractivity contribution in [3.8, 4) is 11.3 Å². The van der Waals surface area contributed by atoms with Crippen LogP contribution in [0.25, 0.3) is 11.3 Å². The molecule has 0 radical (unpaired) electrons. The number of aromatic nitrogens is 1. The zero-order chi connectivity index (χ0) is 26.5. The number of amides is 1. The fourth-order valence-corrected chi connectivity index (χ4v) is 4.25. The van der Waals surface area contributed by atoms with Crippen molar-refractivity contribution in [3.63, 3.8) is 0 Å². The van der Waals surface area contributed by atoms with E-state index in [0.717, 1.165) is 5.56 Å². The first-order chi connectivity index (χ1) is 17.7. The topological polar surface area (TPSA) is 116 Å². The minimum atomic E-state index is -1.07. The van der Waals surface area contributed by atoms with Gasteiger partial charge in [0.15, 0.2) is 11.2 Å². The number of anilines is 1. The fraction of sp³-hybridized carbons (Fsp3) is 0.103. The Balaban J connectivity index is 1.71. The second-order valence-electron chi connectivity index (χ2n) is 8.53. The first kappa shape index (κ1) is 25.6. The number of carbonyl (C=O) groups excluding carboxylic acids is 2. The third kappa shape index (κ3) is 6.02. The molecule has 0 bridgehead atoms. The zero-order valence-corrected chi connectivity index (χ0v) is 20.6. The van der Waals surface area contributed by atoms with Crippen LogP contribution < -0.4 is 10.7 Å². The van der Waals surface area contributed by atoms with Crippen molar-refractivity contribution in [2.75, 3.05) is 5.32 Å². The van der Waals surface area contributed by atoms with Gasteiger partial charge in [-0.2, -0.15) is 0 Å². The molecule has 4 rings (SSSR count). The first-order valence-electron chi connectivity index (χ1n) is 11.4. The van der Waals surface area contributed by atoms with E-state index in [0.29, 0.717) is 27.5 Å². The van der Waals surface area contributed by atoms with Gasteiger partial charge in [0.05, 0.1) is 17.2 Å². The van der Waals surface area contributed by atoms with Crippen molar-refractivity contribution in [2.45, 2.75) is 19.3 Å². The van der Waals surface area contributed by atoms with Crippen LogP contribution in [0.2, 0.25) is 5.02 Å². The van der Waals surface area contributed by atoms with Crippen LogP contribution in [0.4, 0.5) is 5.69 Å². The highest BCUT2D eigenvalue weighted by molar-refractivity contribution is 6.31. The summed E-state index contributed by atoms with van der Waals surface area (Å²) < 4.78 is 0. The van der Waals surface area contributed by atoms with Crippen LogP contribution in [0.5, 0.6) is 0 Å². The molecule has 1 heterocycles. The molecule has 0 fully saturated rings. The number of carboxylic acid groups (broad SMARTS) is 1. The van der Waals surface area contributed by atoms with Gasteiger partial charge in [0, 0.05) is 39.7 Å². The fourth-order valence-electron chi connectivity index (χ4n) is 4.08. The Kier molecular flexibility index (Phi) is 7.65. The first-order valence-corrected chi connectivity index (χ1v) is 11.8. The molecular formula is C29H23ClN2O5. The average molecular weight is 515 g/mol. The van der Waals surface area contributed by atoms with Crippen molar-refractivity contribution >= 4 is 34.9 Å². The van der Waals surface area contributed by atoms with E-state index in [1.54, 1.807) is 18.2 Å². The lowest BCUT2D eigenvalue weighted by molar-refractivity contribution is -0.117. The number of aromatic amines is 1. The van der Waals surface area contributed by atoms with Crippen LogP contribution >= 0.6 is 11.6 Å². The summed E-state index contributed by atoms with van der Waals surface area (Å²) in [6, 6.07) is 21.3. The summed E-state index contributed by atoms with van der Waals surface area (Å²) >= 11 is 6.14. The summed E-state index contributed by atoms with van der Waals surface area (Å²) in [6.45, 7) is 1.43. The number of halogens is 1. The highest BCUT2D eigenvalue weighted by atomic mass is 35.5. The van der Waals surface area contributed by atoms with Gasteiger partial charge in [-0.05, 0) is 61.4 Å². The summed E-state index contributed by atoms with van der Waals surface area (Å²) in [5.41, 5.74) is 2.55. The molecule has 1 atom stereocenters. The van der Waals surface area contributed by atoms with Gasteiger partial charge >= 0.3 is 5.97 Å². The molecular weight excluding hydrogens is 492 g/mol. The Morgan fingerprint density at radius 2 is 1.68 bits per heavy atom. The van der Waals surface area contributed by atoms with Crippen LogP contribution in [0.3, 0.4) is 0 Å². The molecule has 3 N–H and O–H groups in total. The molecule has 7 nitrogen and oxygen atoms in total.